The average molecular weight is 409 g/mol. The zero-order valence-electron chi connectivity index (χ0n) is 18.5. The third kappa shape index (κ3) is 5.40. The minimum Gasteiger partial charge on any atom is -0.344 e. The second-order valence-electron chi connectivity index (χ2n) is 10.3. The summed E-state index contributed by atoms with van der Waals surface area (Å²) in [5.41, 5.74) is 0.800. The van der Waals surface area contributed by atoms with Crippen LogP contribution in [0.15, 0.2) is 23.8 Å². The van der Waals surface area contributed by atoms with Crippen molar-refractivity contribution in [2.45, 2.75) is 72.7 Å². The molecule has 0 aromatic rings. The number of hydrogen-bond acceptors (Lipinski definition) is 2. The number of alkyl halides is 1. The average Bonchev–Trinajstić information content (AvgIpc) is 2.58. The molecule has 0 spiro atoms. The van der Waals surface area contributed by atoms with Gasteiger partial charge in [-0.1, -0.05) is 66.7 Å². The molecule has 0 saturated carbocycles. The van der Waals surface area contributed by atoms with E-state index in [1.165, 1.54) is 5.57 Å². The van der Waals surface area contributed by atoms with E-state index in [2.05, 4.69) is 37.4 Å². The van der Waals surface area contributed by atoms with Gasteiger partial charge in [0.05, 0.1) is 5.38 Å². The third-order valence-electron chi connectivity index (χ3n) is 5.92. The number of halogens is 1. The van der Waals surface area contributed by atoms with E-state index in [1.54, 1.807) is 0 Å². The van der Waals surface area contributed by atoms with Crippen LogP contribution < -0.4 is 5.32 Å². The van der Waals surface area contributed by atoms with Crippen molar-refractivity contribution in [3.05, 3.63) is 23.8 Å². The fourth-order valence-corrected chi connectivity index (χ4v) is 4.26. The van der Waals surface area contributed by atoms with Crippen LogP contribution in [0.2, 0.25) is 0 Å². The molecule has 5 heteroatoms. The Labute approximate surface area is 175 Å². The van der Waals surface area contributed by atoms with Crippen LogP contribution >= 0.6 is 11.6 Å². The van der Waals surface area contributed by atoms with Crippen LogP contribution in [0.1, 0.15) is 61.3 Å². The molecule has 4 nitrogen and oxygen atoms in total. The Morgan fingerprint density at radius 1 is 1.29 bits per heavy atom. The third-order valence-corrected chi connectivity index (χ3v) is 6.24. The number of carbonyl (C=O) groups excluding carboxylic acids is 2. The number of piperidine rings is 1. The molecule has 0 aromatic carbocycles. The zero-order valence-corrected chi connectivity index (χ0v) is 19.3. The minimum absolute atomic E-state index is 0.0290. The number of carbonyl (C=O) groups is 2. The summed E-state index contributed by atoms with van der Waals surface area (Å²) in [6, 6.07) is -0.482. The van der Waals surface area contributed by atoms with Crippen molar-refractivity contribution in [3.8, 4) is 0 Å². The Morgan fingerprint density at radius 3 is 2.39 bits per heavy atom. The molecule has 1 aliphatic carbocycles. The maximum atomic E-state index is 13.3. The van der Waals surface area contributed by atoms with Crippen molar-refractivity contribution >= 4 is 23.4 Å². The van der Waals surface area contributed by atoms with Crippen LogP contribution in [-0.2, 0) is 9.59 Å². The van der Waals surface area contributed by atoms with Gasteiger partial charge in [-0.05, 0) is 35.7 Å². The Kier molecular flexibility index (Phi) is 7.07. The summed E-state index contributed by atoms with van der Waals surface area (Å²) in [6.45, 7) is 15.5. The molecule has 1 heterocycles. The highest BCUT2D eigenvalue weighted by molar-refractivity contribution is 6.22. The summed E-state index contributed by atoms with van der Waals surface area (Å²) < 4.78 is 0. The van der Waals surface area contributed by atoms with Crippen molar-refractivity contribution in [2.24, 2.45) is 22.7 Å². The molecule has 158 valence electrons. The summed E-state index contributed by atoms with van der Waals surface area (Å²) >= 11 is 6.18. The maximum Gasteiger partial charge on any atom is 0.245 e. The molecule has 0 radical (unpaired) electrons. The molecular formula is C23H37ClN2O2. The lowest BCUT2D eigenvalue weighted by Crippen LogP contribution is -2.57. The van der Waals surface area contributed by atoms with Crippen molar-refractivity contribution in [1.29, 1.82) is 0 Å². The van der Waals surface area contributed by atoms with E-state index in [9.17, 15) is 9.59 Å². The highest BCUT2D eigenvalue weighted by Gasteiger charge is 2.41. The van der Waals surface area contributed by atoms with Crippen molar-refractivity contribution in [2.75, 3.05) is 13.1 Å². The lowest BCUT2D eigenvalue weighted by Gasteiger charge is -2.46. The van der Waals surface area contributed by atoms with Crippen LogP contribution in [0.5, 0.6) is 0 Å². The van der Waals surface area contributed by atoms with Gasteiger partial charge in [-0.2, -0.15) is 0 Å². The fourth-order valence-electron chi connectivity index (χ4n) is 4.10. The van der Waals surface area contributed by atoms with E-state index in [4.69, 9.17) is 11.6 Å². The number of nitrogens with one attached hydrogen (secondary N) is 1. The van der Waals surface area contributed by atoms with E-state index in [1.807, 2.05) is 39.5 Å². The normalized spacial score (nSPS) is 26.0. The number of amides is 2. The first-order valence-corrected chi connectivity index (χ1v) is 10.9. The lowest BCUT2D eigenvalue weighted by molar-refractivity contribution is -0.142. The Balaban J connectivity index is 2.11. The van der Waals surface area contributed by atoms with Gasteiger partial charge in [0.1, 0.15) is 6.04 Å². The summed E-state index contributed by atoms with van der Waals surface area (Å²) in [5, 5.41) is 3.08. The number of nitrogens with zero attached hydrogens (tertiary/aromatic N) is 1. The molecule has 0 aromatic heterocycles. The molecule has 2 rings (SSSR count). The van der Waals surface area contributed by atoms with Gasteiger partial charge < -0.3 is 10.2 Å². The quantitative estimate of drug-likeness (QED) is 0.694. The van der Waals surface area contributed by atoms with Gasteiger partial charge in [-0.25, -0.2) is 0 Å². The van der Waals surface area contributed by atoms with Gasteiger partial charge in [0.25, 0.3) is 0 Å². The number of rotatable bonds is 4. The first kappa shape index (κ1) is 23.0. The Bertz CT molecular complexity index is 658. The molecule has 1 saturated heterocycles. The van der Waals surface area contributed by atoms with Gasteiger partial charge in [0, 0.05) is 18.5 Å². The summed E-state index contributed by atoms with van der Waals surface area (Å²) in [5.74, 6) is 0.415. The monoisotopic (exact) mass is 408 g/mol. The van der Waals surface area contributed by atoms with E-state index < -0.39 is 11.5 Å². The van der Waals surface area contributed by atoms with Crippen molar-refractivity contribution in [3.63, 3.8) is 0 Å². The van der Waals surface area contributed by atoms with Crippen molar-refractivity contribution in [1.82, 2.24) is 10.2 Å². The highest BCUT2D eigenvalue weighted by Crippen LogP contribution is 2.41. The van der Waals surface area contributed by atoms with Gasteiger partial charge in [0.2, 0.25) is 11.8 Å². The van der Waals surface area contributed by atoms with Crippen molar-refractivity contribution < 1.29 is 9.59 Å². The van der Waals surface area contributed by atoms with E-state index in [0.29, 0.717) is 12.5 Å². The molecule has 2 amide bonds. The number of likely N-dealkylation sites (tertiary alicyclic amines) is 1. The van der Waals surface area contributed by atoms with Gasteiger partial charge in [-0.15, -0.1) is 11.6 Å². The number of hydrogen-bond donors (Lipinski definition) is 1. The fraction of sp³-hybridized carbons (Fsp3) is 0.739. The second kappa shape index (κ2) is 8.61. The summed E-state index contributed by atoms with van der Waals surface area (Å²) in [4.78, 5) is 27.7. The van der Waals surface area contributed by atoms with Gasteiger partial charge in [-0.3, -0.25) is 9.59 Å². The topological polar surface area (TPSA) is 49.4 Å². The molecule has 1 aliphatic heterocycles. The summed E-state index contributed by atoms with van der Waals surface area (Å²) in [6.07, 6.45) is 8.28. The van der Waals surface area contributed by atoms with Crippen LogP contribution in [0.3, 0.4) is 0 Å². The van der Waals surface area contributed by atoms with Crippen LogP contribution in [-0.4, -0.2) is 41.2 Å². The zero-order chi connectivity index (χ0) is 21.3. The van der Waals surface area contributed by atoms with E-state index in [0.717, 1.165) is 19.4 Å². The molecule has 1 fully saturated rings. The maximum absolute atomic E-state index is 13.3. The molecule has 1 N–H and O–H groups in total. The Hall–Kier alpha value is -1.29. The molecule has 2 aliphatic rings. The molecular weight excluding hydrogens is 372 g/mol. The van der Waals surface area contributed by atoms with Crippen LogP contribution in [0.4, 0.5) is 0 Å². The first-order valence-electron chi connectivity index (χ1n) is 10.4. The smallest absolute Gasteiger partial charge is 0.245 e. The molecule has 0 bridgehead atoms. The lowest BCUT2D eigenvalue weighted by atomic mass is 9.69. The van der Waals surface area contributed by atoms with Gasteiger partial charge >= 0.3 is 0 Å². The first-order chi connectivity index (χ1) is 12.8. The highest BCUT2D eigenvalue weighted by atomic mass is 35.5. The largest absolute Gasteiger partial charge is 0.344 e. The van der Waals surface area contributed by atoms with Crippen LogP contribution in [0, 0.1) is 22.7 Å². The Morgan fingerprint density at radius 2 is 1.93 bits per heavy atom. The van der Waals surface area contributed by atoms with E-state index in [-0.39, 0.29) is 28.5 Å². The predicted octanol–water partition coefficient (Wildman–Crippen LogP) is 4.54. The van der Waals surface area contributed by atoms with E-state index >= 15 is 0 Å². The molecule has 28 heavy (non-hydrogen) atoms. The predicted molar refractivity (Wildman–Crippen MR) is 116 cm³/mol. The van der Waals surface area contributed by atoms with Gasteiger partial charge in [0.15, 0.2) is 0 Å². The standard InChI is InChI=1S/C23H37ClN2O2/c1-15(2)19(25-21(28)22(3,4)5)20(27)26-13-12-18(23(6,7)14-26)16-8-10-17(24)11-9-16/h8-10,15,17-19H,11-14H2,1-7H3,(H,25,28)/t17?,18-,19-/m1/s1. The molecule has 3 atom stereocenters. The number of allylic oxidation sites excluding steroid dienone is 4. The minimum atomic E-state index is -0.514. The van der Waals surface area contributed by atoms with Crippen LogP contribution in [0.25, 0.3) is 0 Å². The molecule has 1 unspecified atom stereocenters. The SMILES string of the molecule is CC(C)[C@@H](NC(=O)C(C)(C)C)C(=O)N1CC[C@H](C2=CCC(Cl)C=C2)C(C)(C)C1. The summed E-state index contributed by atoms with van der Waals surface area (Å²) in [7, 11) is 0. The second-order valence-corrected chi connectivity index (χ2v) is 10.9.